The van der Waals surface area contributed by atoms with Crippen LogP contribution in [0.15, 0.2) is 64.2 Å². The highest BCUT2D eigenvalue weighted by molar-refractivity contribution is 7.91. The van der Waals surface area contributed by atoms with Crippen molar-refractivity contribution in [2.45, 2.75) is 29.5 Å². The van der Waals surface area contributed by atoms with Crippen molar-refractivity contribution in [3.05, 3.63) is 75.3 Å². The fourth-order valence-corrected chi connectivity index (χ4v) is 7.27. The number of nitrogens with one attached hydrogen (secondary N) is 1. The SMILES string of the molecule is O=C(Cc1ccc(S(=O)(=O)N2CCCC2)s1)N[C@@H](c1ccccc1)c1cccs1. The van der Waals surface area contributed by atoms with E-state index >= 15 is 0 Å². The molecule has 1 aromatic carbocycles. The van der Waals surface area contributed by atoms with E-state index in [0.717, 1.165) is 28.2 Å². The fraction of sp³-hybridized carbons (Fsp3) is 0.286. The molecule has 1 saturated heterocycles. The summed E-state index contributed by atoms with van der Waals surface area (Å²) in [5.41, 5.74) is 1.02. The zero-order valence-corrected chi connectivity index (χ0v) is 18.2. The fourth-order valence-electron chi connectivity index (χ4n) is 3.44. The van der Waals surface area contributed by atoms with Gasteiger partial charge < -0.3 is 5.32 Å². The van der Waals surface area contributed by atoms with Gasteiger partial charge in [-0.05, 0) is 42.0 Å². The lowest BCUT2D eigenvalue weighted by atomic mass is 10.1. The van der Waals surface area contributed by atoms with E-state index in [0.29, 0.717) is 17.3 Å². The van der Waals surface area contributed by atoms with Crippen molar-refractivity contribution >= 4 is 38.6 Å². The van der Waals surface area contributed by atoms with Crippen molar-refractivity contribution < 1.29 is 13.2 Å². The van der Waals surface area contributed by atoms with E-state index in [1.165, 1.54) is 15.6 Å². The third-order valence-electron chi connectivity index (χ3n) is 4.90. The summed E-state index contributed by atoms with van der Waals surface area (Å²) < 4.78 is 27.2. The maximum atomic E-state index is 12.7. The molecule has 0 saturated carbocycles. The number of hydrogen-bond acceptors (Lipinski definition) is 5. The second-order valence-electron chi connectivity index (χ2n) is 6.94. The Labute approximate surface area is 179 Å². The van der Waals surface area contributed by atoms with Crippen LogP contribution in [-0.2, 0) is 21.2 Å². The average Bonchev–Trinajstić information content (AvgIpc) is 3.49. The monoisotopic (exact) mass is 446 g/mol. The second-order valence-corrected chi connectivity index (χ2v) is 11.2. The Morgan fingerprint density at radius 3 is 2.48 bits per heavy atom. The van der Waals surface area contributed by atoms with E-state index in [-0.39, 0.29) is 18.4 Å². The Bertz CT molecular complexity index is 1050. The second kappa shape index (κ2) is 8.79. The number of benzene rings is 1. The predicted molar refractivity (Wildman–Crippen MR) is 117 cm³/mol. The Kier molecular flexibility index (Phi) is 6.15. The zero-order chi connectivity index (χ0) is 20.3. The lowest BCUT2D eigenvalue weighted by Crippen LogP contribution is -2.29. The number of nitrogens with zero attached hydrogens (tertiary/aromatic N) is 1. The molecule has 1 N–H and O–H groups in total. The molecule has 1 atom stereocenters. The summed E-state index contributed by atoms with van der Waals surface area (Å²) in [6.45, 7) is 1.16. The van der Waals surface area contributed by atoms with Crippen LogP contribution < -0.4 is 5.32 Å². The van der Waals surface area contributed by atoms with Gasteiger partial charge in [-0.3, -0.25) is 4.79 Å². The molecular weight excluding hydrogens is 424 g/mol. The van der Waals surface area contributed by atoms with Crippen LogP contribution in [0.5, 0.6) is 0 Å². The maximum Gasteiger partial charge on any atom is 0.252 e. The normalized spacial score (nSPS) is 16.0. The number of hydrogen-bond donors (Lipinski definition) is 1. The molecule has 4 rings (SSSR count). The molecule has 1 aliphatic rings. The highest BCUT2D eigenvalue weighted by atomic mass is 32.2. The predicted octanol–water partition coefficient (Wildman–Crippen LogP) is 4.04. The third kappa shape index (κ3) is 4.61. The zero-order valence-electron chi connectivity index (χ0n) is 15.8. The van der Waals surface area contributed by atoms with Crippen molar-refractivity contribution in [1.82, 2.24) is 9.62 Å². The number of carbonyl (C=O) groups excluding carboxylic acids is 1. The molecule has 3 heterocycles. The number of amides is 1. The Morgan fingerprint density at radius 2 is 1.79 bits per heavy atom. The standard InChI is InChI=1S/C21H22N2O3S3/c24-19(22-21(18-9-6-14-27-18)16-7-2-1-3-8-16)15-17-10-11-20(28-17)29(25,26)23-12-4-5-13-23/h1-3,6-11,14,21H,4-5,12-13,15H2,(H,22,24)/t21-/m0/s1. The lowest BCUT2D eigenvalue weighted by molar-refractivity contribution is -0.120. The summed E-state index contributed by atoms with van der Waals surface area (Å²) >= 11 is 2.79. The molecule has 1 aliphatic heterocycles. The molecule has 0 radical (unpaired) electrons. The number of thiophene rings is 2. The van der Waals surface area contributed by atoms with Crippen molar-refractivity contribution in [2.75, 3.05) is 13.1 Å². The molecule has 1 fully saturated rings. The van der Waals surface area contributed by atoms with Crippen LogP contribution in [0.1, 0.15) is 34.2 Å². The van der Waals surface area contributed by atoms with Gasteiger partial charge in [-0.15, -0.1) is 22.7 Å². The smallest absolute Gasteiger partial charge is 0.252 e. The van der Waals surface area contributed by atoms with E-state index in [9.17, 15) is 13.2 Å². The minimum absolute atomic E-state index is 0.126. The van der Waals surface area contributed by atoms with Gasteiger partial charge in [-0.2, -0.15) is 4.31 Å². The van der Waals surface area contributed by atoms with Crippen LogP contribution in [0.25, 0.3) is 0 Å². The first-order valence-electron chi connectivity index (χ1n) is 9.50. The largest absolute Gasteiger partial charge is 0.344 e. The molecule has 29 heavy (non-hydrogen) atoms. The summed E-state index contributed by atoms with van der Waals surface area (Å²) in [5.74, 6) is -0.126. The van der Waals surface area contributed by atoms with Crippen molar-refractivity contribution in [2.24, 2.45) is 0 Å². The molecule has 0 bridgehead atoms. The minimum atomic E-state index is -3.43. The summed E-state index contributed by atoms with van der Waals surface area (Å²) in [5, 5.41) is 5.10. The van der Waals surface area contributed by atoms with E-state index in [2.05, 4.69) is 5.32 Å². The molecule has 0 spiro atoms. The van der Waals surface area contributed by atoms with Gasteiger partial charge in [0.05, 0.1) is 12.5 Å². The summed E-state index contributed by atoms with van der Waals surface area (Å²) in [6, 6.07) is 17.0. The molecule has 152 valence electrons. The summed E-state index contributed by atoms with van der Waals surface area (Å²) in [7, 11) is -3.43. The van der Waals surface area contributed by atoms with Crippen LogP contribution in [0.4, 0.5) is 0 Å². The van der Waals surface area contributed by atoms with Crippen LogP contribution in [0.3, 0.4) is 0 Å². The number of carbonyl (C=O) groups is 1. The van der Waals surface area contributed by atoms with Gasteiger partial charge in [0.1, 0.15) is 4.21 Å². The van der Waals surface area contributed by atoms with Crippen LogP contribution >= 0.6 is 22.7 Å². The van der Waals surface area contributed by atoms with Crippen LogP contribution in [-0.4, -0.2) is 31.7 Å². The Balaban J connectivity index is 1.47. The van der Waals surface area contributed by atoms with Gasteiger partial charge in [-0.1, -0.05) is 36.4 Å². The first-order valence-corrected chi connectivity index (χ1v) is 12.6. The third-order valence-corrected chi connectivity index (χ3v) is 9.29. The van der Waals surface area contributed by atoms with Gasteiger partial charge in [0, 0.05) is 22.8 Å². The summed E-state index contributed by atoms with van der Waals surface area (Å²) in [6.07, 6.45) is 1.97. The minimum Gasteiger partial charge on any atom is -0.344 e. The van der Waals surface area contributed by atoms with E-state index in [1.807, 2.05) is 47.8 Å². The molecule has 1 amide bonds. The van der Waals surface area contributed by atoms with Crippen molar-refractivity contribution in [3.63, 3.8) is 0 Å². The molecule has 0 unspecified atom stereocenters. The van der Waals surface area contributed by atoms with Gasteiger partial charge in [0.15, 0.2) is 0 Å². The molecule has 0 aliphatic carbocycles. The molecule has 3 aromatic rings. The molecule has 8 heteroatoms. The number of sulfonamides is 1. The highest BCUT2D eigenvalue weighted by Crippen LogP contribution is 2.29. The molecule has 2 aromatic heterocycles. The van der Waals surface area contributed by atoms with E-state index in [4.69, 9.17) is 0 Å². The van der Waals surface area contributed by atoms with Crippen molar-refractivity contribution in [1.29, 1.82) is 0 Å². The molecule has 5 nitrogen and oxygen atoms in total. The average molecular weight is 447 g/mol. The van der Waals surface area contributed by atoms with Gasteiger partial charge >= 0.3 is 0 Å². The van der Waals surface area contributed by atoms with E-state index < -0.39 is 10.0 Å². The Morgan fingerprint density at radius 1 is 1.03 bits per heavy atom. The van der Waals surface area contributed by atoms with Crippen LogP contribution in [0.2, 0.25) is 0 Å². The Hall–Kier alpha value is -2.00. The number of rotatable bonds is 7. The maximum absolute atomic E-state index is 12.7. The summed E-state index contributed by atoms with van der Waals surface area (Å²) in [4.78, 5) is 14.6. The first kappa shape index (κ1) is 20.3. The quantitative estimate of drug-likeness (QED) is 0.596. The van der Waals surface area contributed by atoms with Gasteiger partial charge in [0.2, 0.25) is 5.91 Å². The topological polar surface area (TPSA) is 66.5 Å². The van der Waals surface area contributed by atoms with Gasteiger partial charge in [0.25, 0.3) is 10.0 Å². The van der Waals surface area contributed by atoms with Gasteiger partial charge in [-0.25, -0.2) is 8.42 Å². The molecular formula is C21H22N2O3S3. The lowest BCUT2D eigenvalue weighted by Gasteiger charge is -2.18. The highest BCUT2D eigenvalue weighted by Gasteiger charge is 2.28. The first-order chi connectivity index (χ1) is 14.0. The van der Waals surface area contributed by atoms with E-state index in [1.54, 1.807) is 23.5 Å². The van der Waals surface area contributed by atoms with Crippen molar-refractivity contribution in [3.8, 4) is 0 Å². The van der Waals surface area contributed by atoms with Crippen LogP contribution in [0, 0.1) is 0 Å².